The number of carbonyl (C=O) groups excluding carboxylic acids is 2. The van der Waals surface area contributed by atoms with Gasteiger partial charge in [-0.2, -0.15) is 0 Å². The van der Waals surface area contributed by atoms with Gasteiger partial charge in [0.05, 0.1) is 29.9 Å². The molecule has 1 aliphatic carbocycles. The zero-order chi connectivity index (χ0) is 21.3. The number of Topliss-reactive ketones (excluding diaryl/α,β-unsaturated/α-hetero) is 1. The number of allylic oxidation sites excluding steroid dienone is 2. The molecule has 29 heavy (non-hydrogen) atoms. The Kier molecular flexibility index (Phi) is 6.18. The Labute approximate surface area is 167 Å². The second-order valence-electron chi connectivity index (χ2n) is 7.38. The topological polar surface area (TPSA) is 134 Å². The highest BCUT2D eigenvalue weighted by Crippen LogP contribution is 2.37. The third-order valence-corrected chi connectivity index (χ3v) is 4.96. The minimum absolute atomic E-state index is 0.0199. The molecule has 0 spiro atoms. The summed E-state index contributed by atoms with van der Waals surface area (Å²) in [7, 11) is 0. The monoisotopic (exact) mass is 404 g/mol. The number of phenolic OH excluding ortho intramolecular Hbond substituents is 2. The molecule has 3 rings (SSSR count). The van der Waals surface area contributed by atoms with Crippen molar-refractivity contribution in [2.45, 2.75) is 51.3 Å². The normalized spacial score (nSPS) is 24.8. The largest absolute Gasteiger partial charge is 0.507 e. The molecule has 8 nitrogen and oxygen atoms in total. The number of ether oxygens (including phenoxy) is 2. The highest BCUT2D eigenvalue weighted by molar-refractivity contribution is 6.27. The van der Waals surface area contributed by atoms with Gasteiger partial charge in [0.2, 0.25) is 0 Å². The van der Waals surface area contributed by atoms with E-state index in [9.17, 15) is 30.0 Å². The predicted molar refractivity (Wildman–Crippen MR) is 102 cm³/mol. The first-order valence-electron chi connectivity index (χ1n) is 9.31. The van der Waals surface area contributed by atoms with Crippen LogP contribution in [0.25, 0.3) is 0 Å². The second kappa shape index (κ2) is 8.46. The Balaban J connectivity index is 1.94. The summed E-state index contributed by atoms with van der Waals surface area (Å²) in [6.45, 7) is 3.37. The van der Waals surface area contributed by atoms with Crippen molar-refractivity contribution in [3.63, 3.8) is 0 Å². The molecule has 156 valence electrons. The summed E-state index contributed by atoms with van der Waals surface area (Å²) in [4.78, 5) is 25.6. The average molecular weight is 404 g/mol. The molecule has 1 heterocycles. The molecule has 1 saturated heterocycles. The molecule has 1 unspecified atom stereocenters. The maximum Gasteiger partial charge on any atom is 0.196 e. The minimum Gasteiger partial charge on any atom is -0.507 e. The van der Waals surface area contributed by atoms with Gasteiger partial charge in [0.1, 0.15) is 17.6 Å². The quantitative estimate of drug-likeness (QED) is 0.415. The van der Waals surface area contributed by atoms with Crippen LogP contribution < -0.4 is 0 Å². The zero-order valence-electron chi connectivity index (χ0n) is 16.2. The fraction of sp³-hybridized carbons (Fsp3) is 0.429. The van der Waals surface area contributed by atoms with Gasteiger partial charge in [-0.3, -0.25) is 9.59 Å². The van der Waals surface area contributed by atoms with Crippen molar-refractivity contribution < 1.29 is 39.5 Å². The van der Waals surface area contributed by atoms with Crippen molar-refractivity contribution in [1.29, 1.82) is 0 Å². The summed E-state index contributed by atoms with van der Waals surface area (Å²) in [5, 5.41) is 39.2. The van der Waals surface area contributed by atoms with Gasteiger partial charge in [-0.25, -0.2) is 0 Å². The van der Waals surface area contributed by atoms with Gasteiger partial charge in [0.15, 0.2) is 17.9 Å². The molecule has 2 aliphatic rings. The summed E-state index contributed by atoms with van der Waals surface area (Å²) < 4.78 is 11.4. The molecule has 0 bridgehead atoms. The lowest BCUT2D eigenvalue weighted by molar-refractivity contribution is -0.159. The molecule has 0 amide bonds. The molecule has 0 aromatic heterocycles. The van der Waals surface area contributed by atoms with Crippen molar-refractivity contribution in [2.24, 2.45) is 0 Å². The van der Waals surface area contributed by atoms with Gasteiger partial charge in [-0.05, 0) is 38.5 Å². The lowest BCUT2D eigenvalue weighted by Gasteiger charge is -2.26. The molecule has 8 heteroatoms. The Morgan fingerprint density at radius 2 is 1.90 bits per heavy atom. The van der Waals surface area contributed by atoms with Gasteiger partial charge in [0.25, 0.3) is 0 Å². The van der Waals surface area contributed by atoms with E-state index in [2.05, 4.69) is 0 Å². The van der Waals surface area contributed by atoms with Gasteiger partial charge in [-0.15, -0.1) is 0 Å². The number of carbonyl (C=O) groups is 2. The molecule has 1 fully saturated rings. The van der Waals surface area contributed by atoms with Crippen LogP contribution >= 0.6 is 0 Å². The van der Waals surface area contributed by atoms with E-state index in [0.717, 1.165) is 23.8 Å². The van der Waals surface area contributed by atoms with E-state index in [0.29, 0.717) is 0 Å². The second-order valence-corrected chi connectivity index (χ2v) is 7.38. The van der Waals surface area contributed by atoms with E-state index in [-0.39, 0.29) is 41.9 Å². The van der Waals surface area contributed by atoms with Crippen molar-refractivity contribution in [3.05, 3.63) is 46.6 Å². The van der Waals surface area contributed by atoms with Gasteiger partial charge in [-0.1, -0.05) is 11.6 Å². The molecule has 4 atom stereocenters. The van der Waals surface area contributed by atoms with Crippen LogP contribution in [0.3, 0.4) is 0 Å². The van der Waals surface area contributed by atoms with Crippen LogP contribution in [-0.2, 0) is 9.47 Å². The number of phenols is 2. The highest BCUT2D eigenvalue weighted by atomic mass is 16.7. The molecule has 1 aromatic carbocycles. The number of hydrogen-bond donors (Lipinski definition) is 4. The fourth-order valence-electron chi connectivity index (χ4n) is 3.45. The Bertz CT molecular complexity index is 881. The third kappa shape index (κ3) is 4.25. The molecular formula is C21H24O8. The summed E-state index contributed by atoms with van der Waals surface area (Å²) in [5.41, 5.74) is 0.480. The summed E-state index contributed by atoms with van der Waals surface area (Å²) in [5.74, 6) is -2.04. The van der Waals surface area contributed by atoms with Crippen LogP contribution in [0.15, 0.2) is 35.4 Å². The van der Waals surface area contributed by atoms with Crippen LogP contribution in [0.5, 0.6) is 11.5 Å². The number of hydrogen-bond acceptors (Lipinski definition) is 8. The molecule has 0 radical (unpaired) electrons. The highest BCUT2D eigenvalue weighted by Gasteiger charge is 2.39. The molecule has 1 aromatic rings. The van der Waals surface area contributed by atoms with Crippen molar-refractivity contribution in [3.8, 4) is 11.5 Å². The predicted octanol–water partition coefficient (Wildman–Crippen LogP) is 1.61. The number of aliphatic hydroxyl groups excluding tert-OH is 2. The Hall–Kier alpha value is -2.52. The average Bonchev–Trinajstić information content (AvgIpc) is 3.02. The van der Waals surface area contributed by atoms with Gasteiger partial charge in [0, 0.05) is 12.0 Å². The van der Waals surface area contributed by atoms with E-state index < -0.39 is 41.9 Å². The van der Waals surface area contributed by atoms with Gasteiger partial charge < -0.3 is 29.9 Å². The van der Waals surface area contributed by atoms with Gasteiger partial charge >= 0.3 is 0 Å². The Morgan fingerprint density at radius 3 is 2.48 bits per heavy atom. The number of ketones is 2. The summed E-state index contributed by atoms with van der Waals surface area (Å²) in [6.07, 6.45) is -0.169. The number of fused-ring (bicyclic) bond motifs is 1. The van der Waals surface area contributed by atoms with Crippen LogP contribution in [0.1, 0.15) is 47.4 Å². The van der Waals surface area contributed by atoms with Crippen LogP contribution in [0.4, 0.5) is 0 Å². The summed E-state index contributed by atoms with van der Waals surface area (Å²) in [6, 6.07) is 2.30. The lowest BCUT2D eigenvalue weighted by Crippen LogP contribution is -2.31. The fourth-order valence-corrected chi connectivity index (χ4v) is 3.45. The van der Waals surface area contributed by atoms with Crippen molar-refractivity contribution >= 4 is 11.6 Å². The maximum atomic E-state index is 13.1. The van der Waals surface area contributed by atoms with Crippen molar-refractivity contribution in [1.82, 2.24) is 0 Å². The first-order valence-corrected chi connectivity index (χ1v) is 9.31. The SMILES string of the molecule is CC(C)=CCC(O[C@H]1C[C@H](O)[C@@H](CO)O1)C1=CC(=O)c2c(O)ccc(O)c2C1=O. The van der Waals surface area contributed by atoms with Crippen LogP contribution in [0.2, 0.25) is 0 Å². The number of benzene rings is 1. The van der Waals surface area contributed by atoms with E-state index >= 15 is 0 Å². The standard InChI is InChI=1S/C21H24O8/c1-10(2)3-6-16(28-18-8-14(25)17(9-22)29-18)11-7-15(26)19-12(23)4-5-13(24)20(19)21(11)27/h3-5,7,14,16-18,22-25H,6,8-9H2,1-2H3/t14-,16?,17+,18+/m0/s1. The van der Waals surface area contributed by atoms with Crippen molar-refractivity contribution in [2.75, 3.05) is 6.61 Å². The molecule has 0 saturated carbocycles. The van der Waals surface area contributed by atoms with Crippen LogP contribution in [0, 0.1) is 0 Å². The number of aromatic hydroxyl groups is 2. The molecule has 1 aliphatic heterocycles. The minimum atomic E-state index is -0.909. The van der Waals surface area contributed by atoms with E-state index in [1.807, 2.05) is 19.9 Å². The smallest absolute Gasteiger partial charge is 0.196 e. The number of rotatable bonds is 6. The Morgan fingerprint density at radius 1 is 1.24 bits per heavy atom. The maximum absolute atomic E-state index is 13.1. The molecular weight excluding hydrogens is 380 g/mol. The number of aliphatic hydroxyl groups is 2. The first kappa shape index (κ1) is 21.2. The lowest BCUT2D eigenvalue weighted by atomic mass is 9.85. The van der Waals surface area contributed by atoms with E-state index in [1.54, 1.807) is 0 Å². The summed E-state index contributed by atoms with van der Waals surface area (Å²) >= 11 is 0. The molecule has 4 N–H and O–H groups in total. The van der Waals surface area contributed by atoms with E-state index in [1.165, 1.54) is 0 Å². The van der Waals surface area contributed by atoms with Crippen LogP contribution in [-0.4, -0.2) is 63.2 Å². The first-order chi connectivity index (χ1) is 13.7. The zero-order valence-corrected chi connectivity index (χ0v) is 16.2. The van der Waals surface area contributed by atoms with E-state index in [4.69, 9.17) is 9.47 Å². The third-order valence-electron chi connectivity index (χ3n) is 4.96.